The van der Waals surface area contributed by atoms with Crippen molar-refractivity contribution in [3.8, 4) is 0 Å². The van der Waals surface area contributed by atoms with Crippen molar-refractivity contribution in [3.63, 3.8) is 0 Å². The van der Waals surface area contributed by atoms with E-state index in [-0.39, 0.29) is 18.0 Å². The zero-order valence-electron chi connectivity index (χ0n) is 12.6. The summed E-state index contributed by atoms with van der Waals surface area (Å²) >= 11 is 0. The molecule has 1 aromatic rings. The Balaban J connectivity index is 2.70. The highest BCUT2D eigenvalue weighted by Gasteiger charge is 2.18. The first-order valence-electron chi connectivity index (χ1n) is 6.91. The lowest BCUT2D eigenvalue weighted by Crippen LogP contribution is -2.37. The molecule has 0 radical (unpaired) electrons. The number of carbonyl (C=O) groups is 3. The maximum atomic E-state index is 12.0. The third-order valence-corrected chi connectivity index (χ3v) is 2.93. The molecule has 0 spiro atoms. The molecule has 0 saturated heterocycles. The Morgan fingerprint density at radius 3 is 2.27 bits per heavy atom. The van der Waals surface area contributed by atoms with E-state index in [9.17, 15) is 14.4 Å². The maximum Gasteiger partial charge on any atom is 0.334 e. The molecule has 120 valence electrons. The van der Waals surface area contributed by atoms with E-state index in [1.54, 1.807) is 18.2 Å². The topological polar surface area (TPSA) is 105 Å². The second-order valence-electron chi connectivity index (χ2n) is 4.61. The van der Waals surface area contributed by atoms with E-state index in [0.29, 0.717) is 12.1 Å². The third-order valence-electron chi connectivity index (χ3n) is 2.93. The molecule has 1 atom stereocenters. The monoisotopic (exact) mass is 308 g/mol. The van der Waals surface area contributed by atoms with Gasteiger partial charge in [-0.15, -0.1) is 0 Å². The molecule has 0 bridgehead atoms. The average molecular weight is 308 g/mol. The molecule has 22 heavy (non-hydrogen) atoms. The Morgan fingerprint density at radius 2 is 1.77 bits per heavy atom. The number of amides is 2. The lowest BCUT2D eigenvalue weighted by molar-refractivity contribution is -0.148. The van der Waals surface area contributed by atoms with Gasteiger partial charge in [-0.25, -0.2) is 4.79 Å². The summed E-state index contributed by atoms with van der Waals surface area (Å²) in [5, 5.41) is 14.0. The van der Waals surface area contributed by atoms with Gasteiger partial charge in [0.25, 0.3) is 11.8 Å². The summed E-state index contributed by atoms with van der Waals surface area (Å²) in [5.41, 5.74) is 0.659. The number of carboxylic acid groups (broad SMARTS) is 1. The van der Waals surface area contributed by atoms with Crippen molar-refractivity contribution in [2.24, 2.45) is 0 Å². The molecule has 0 aliphatic rings. The molecule has 0 heterocycles. The van der Waals surface area contributed by atoms with Gasteiger partial charge in [-0.3, -0.25) is 9.59 Å². The minimum absolute atomic E-state index is 0.156. The van der Waals surface area contributed by atoms with Crippen LogP contribution >= 0.6 is 0 Å². The maximum absolute atomic E-state index is 12.0. The number of ether oxygens (including phenoxy) is 1. The first-order valence-corrected chi connectivity index (χ1v) is 6.91. The Labute approximate surface area is 128 Å². The fourth-order valence-electron chi connectivity index (χ4n) is 1.70. The molecule has 0 saturated carbocycles. The number of benzene rings is 1. The highest BCUT2D eigenvalue weighted by molar-refractivity contribution is 5.99. The minimum atomic E-state index is -1.16. The molecule has 1 aromatic carbocycles. The van der Waals surface area contributed by atoms with Crippen LogP contribution in [0.1, 0.15) is 34.1 Å². The van der Waals surface area contributed by atoms with Crippen LogP contribution in [0.2, 0.25) is 0 Å². The number of rotatable bonds is 8. The fraction of sp³-hybridized carbons (Fsp3) is 0.400. The van der Waals surface area contributed by atoms with Gasteiger partial charge < -0.3 is 20.5 Å². The van der Waals surface area contributed by atoms with Crippen LogP contribution in [0, 0.1) is 0 Å². The summed E-state index contributed by atoms with van der Waals surface area (Å²) in [7, 11) is 1.25. The highest BCUT2D eigenvalue weighted by atomic mass is 16.5. The summed E-state index contributed by atoms with van der Waals surface area (Å²) in [6.07, 6.45) is -0.292. The van der Waals surface area contributed by atoms with Gasteiger partial charge in [0, 0.05) is 24.8 Å². The largest absolute Gasteiger partial charge is 0.479 e. The highest BCUT2D eigenvalue weighted by Crippen LogP contribution is 2.05. The van der Waals surface area contributed by atoms with Crippen LogP contribution in [-0.2, 0) is 9.53 Å². The molecule has 2 amide bonds. The average Bonchev–Trinajstić information content (AvgIpc) is 2.52. The number of methoxy groups -OCH3 is 1. The summed E-state index contributed by atoms with van der Waals surface area (Å²) < 4.78 is 4.73. The molecule has 0 aromatic heterocycles. The molecule has 0 aliphatic heterocycles. The Hall–Kier alpha value is -2.41. The van der Waals surface area contributed by atoms with Crippen molar-refractivity contribution in [2.45, 2.75) is 19.4 Å². The van der Waals surface area contributed by atoms with Gasteiger partial charge in [0.05, 0.1) is 6.54 Å². The van der Waals surface area contributed by atoms with E-state index in [4.69, 9.17) is 9.84 Å². The molecule has 7 nitrogen and oxygen atoms in total. The van der Waals surface area contributed by atoms with E-state index in [1.165, 1.54) is 13.2 Å². The Bertz CT molecular complexity index is 544. The Morgan fingerprint density at radius 1 is 1.18 bits per heavy atom. The van der Waals surface area contributed by atoms with Gasteiger partial charge in [0.1, 0.15) is 0 Å². The predicted molar refractivity (Wildman–Crippen MR) is 79.8 cm³/mol. The van der Waals surface area contributed by atoms with Crippen LogP contribution < -0.4 is 10.6 Å². The van der Waals surface area contributed by atoms with Crippen molar-refractivity contribution < 1.29 is 24.2 Å². The fourth-order valence-corrected chi connectivity index (χ4v) is 1.70. The van der Waals surface area contributed by atoms with Crippen LogP contribution in [0.3, 0.4) is 0 Å². The number of aliphatic carboxylic acids is 1. The SMILES string of the molecule is CCCNC(=O)c1cccc(C(=O)NCC(OC)C(=O)O)c1. The third kappa shape index (κ3) is 5.17. The minimum Gasteiger partial charge on any atom is -0.479 e. The normalized spacial score (nSPS) is 11.5. The summed E-state index contributed by atoms with van der Waals surface area (Å²) in [4.78, 5) is 34.6. The van der Waals surface area contributed by atoms with E-state index in [0.717, 1.165) is 6.42 Å². The number of hydrogen-bond acceptors (Lipinski definition) is 4. The molecule has 1 rings (SSSR count). The second-order valence-corrected chi connectivity index (χ2v) is 4.61. The summed E-state index contributed by atoms with van der Waals surface area (Å²) in [6.45, 7) is 2.35. The van der Waals surface area contributed by atoms with Crippen molar-refractivity contribution in [1.29, 1.82) is 0 Å². The van der Waals surface area contributed by atoms with E-state index >= 15 is 0 Å². The van der Waals surface area contributed by atoms with Crippen LogP contribution in [0.15, 0.2) is 24.3 Å². The second kappa shape index (κ2) is 8.78. The lowest BCUT2D eigenvalue weighted by atomic mass is 10.1. The van der Waals surface area contributed by atoms with E-state index < -0.39 is 18.0 Å². The zero-order valence-corrected chi connectivity index (χ0v) is 12.6. The summed E-state index contributed by atoms with van der Waals surface area (Å²) in [5.74, 6) is -1.87. The van der Waals surface area contributed by atoms with Gasteiger partial charge in [-0.2, -0.15) is 0 Å². The van der Waals surface area contributed by atoms with Crippen LogP contribution in [-0.4, -0.2) is 49.2 Å². The van der Waals surface area contributed by atoms with Crippen molar-refractivity contribution in [3.05, 3.63) is 35.4 Å². The summed E-state index contributed by atoms with van der Waals surface area (Å²) in [6, 6.07) is 6.22. The molecule has 0 aliphatic carbocycles. The van der Waals surface area contributed by atoms with Crippen LogP contribution in [0.5, 0.6) is 0 Å². The first kappa shape index (κ1) is 17.6. The van der Waals surface area contributed by atoms with Gasteiger partial charge in [-0.05, 0) is 24.6 Å². The van der Waals surface area contributed by atoms with Gasteiger partial charge >= 0.3 is 5.97 Å². The smallest absolute Gasteiger partial charge is 0.334 e. The lowest BCUT2D eigenvalue weighted by Gasteiger charge is -2.12. The van der Waals surface area contributed by atoms with Crippen molar-refractivity contribution in [1.82, 2.24) is 10.6 Å². The Kier molecular flexibility index (Phi) is 7.04. The number of nitrogens with one attached hydrogen (secondary N) is 2. The molecule has 1 unspecified atom stereocenters. The molecular formula is C15H20N2O5. The van der Waals surface area contributed by atoms with E-state index in [1.807, 2.05) is 6.92 Å². The van der Waals surface area contributed by atoms with Gasteiger partial charge in [0.15, 0.2) is 6.10 Å². The first-order chi connectivity index (χ1) is 10.5. The molecular weight excluding hydrogens is 288 g/mol. The van der Waals surface area contributed by atoms with Crippen molar-refractivity contribution in [2.75, 3.05) is 20.2 Å². The van der Waals surface area contributed by atoms with Crippen molar-refractivity contribution >= 4 is 17.8 Å². The number of hydrogen-bond donors (Lipinski definition) is 3. The predicted octanol–water partition coefficient (Wildman–Crippen LogP) is 0.656. The number of carboxylic acids is 1. The standard InChI is InChI=1S/C15H20N2O5/c1-3-7-16-13(18)10-5-4-6-11(8-10)14(19)17-9-12(22-2)15(20)21/h4-6,8,12H,3,7,9H2,1-2H3,(H,16,18)(H,17,19)(H,20,21). The van der Waals surface area contributed by atoms with Crippen LogP contribution in [0.4, 0.5) is 0 Å². The molecule has 3 N–H and O–H groups in total. The zero-order chi connectivity index (χ0) is 16.5. The van der Waals surface area contributed by atoms with Crippen LogP contribution in [0.25, 0.3) is 0 Å². The molecule has 7 heteroatoms. The van der Waals surface area contributed by atoms with E-state index in [2.05, 4.69) is 10.6 Å². The quantitative estimate of drug-likeness (QED) is 0.654. The molecule has 0 fully saturated rings. The number of carbonyl (C=O) groups excluding carboxylic acids is 2. The van der Waals surface area contributed by atoms with Gasteiger partial charge in [-0.1, -0.05) is 13.0 Å². The van der Waals surface area contributed by atoms with Gasteiger partial charge in [0.2, 0.25) is 0 Å².